The van der Waals surface area contributed by atoms with Crippen LogP contribution >= 0.6 is 22.6 Å². The molecule has 7 heteroatoms. The highest BCUT2D eigenvalue weighted by Crippen LogP contribution is 2.32. The molecular formula is C11H12F2INO3. The van der Waals surface area contributed by atoms with E-state index in [1.807, 2.05) is 0 Å². The lowest BCUT2D eigenvalue weighted by Gasteiger charge is -2.12. The van der Waals surface area contributed by atoms with E-state index in [9.17, 15) is 13.6 Å². The molecule has 0 radical (unpaired) electrons. The van der Waals surface area contributed by atoms with Crippen LogP contribution in [0.3, 0.4) is 0 Å². The highest BCUT2D eigenvalue weighted by molar-refractivity contribution is 14.1. The maximum Gasteiger partial charge on any atom is 0.311 e. The van der Waals surface area contributed by atoms with E-state index in [2.05, 4.69) is 4.98 Å². The van der Waals surface area contributed by atoms with Crippen molar-refractivity contribution >= 4 is 28.6 Å². The van der Waals surface area contributed by atoms with Gasteiger partial charge in [-0.2, -0.15) is 0 Å². The lowest BCUT2D eigenvalue weighted by atomic mass is 10.1. The molecule has 100 valence electrons. The van der Waals surface area contributed by atoms with Gasteiger partial charge in [-0.05, 0) is 29.5 Å². The molecule has 0 spiro atoms. The summed E-state index contributed by atoms with van der Waals surface area (Å²) < 4.78 is 35.9. The number of ether oxygens (including phenoxy) is 2. The van der Waals surface area contributed by atoms with E-state index in [0.29, 0.717) is 0 Å². The van der Waals surface area contributed by atoms with Gasteiger partial charge < -0.3 is 9.47 Å². The lowest BCUT2D eigenvalue weighted by molar-refractivity contribution is -0.142. The number of methoxy groups -OCH3 is 1. The first-order valence-electron chi connectivity index (χ1n) is 5.16. The molecule has 0 N–H and O–H groups in total. The number of nitrogens with zero attached hydrogens (tertiary/aromatic N) is 1. The van der Waals surface area contributed by atoms with Crippen molar-refractivity contribution < 1.29 is 23.0 Å². The summed E-state index contributed by atoms with van der Waals surface area (Å²) in [6.45, 7) is 1.85. The molecule has 0 aliphatic rings. The number of hydrogen-bond donors (Lipinski definition) is 0. The zero-order valence-corrected chi connectivity index (χ0v) is 12.0. The highest BCUT2D eigenvalue weighted by Gasteiger charge is 2.23. The van der Waals surface area contributed by atoms with Crippen molar-refractivity contribution in [1.29, 1.82) is 0 Å². The minimum Gasteiger partial charge on any atom is -0.494 e. The zero-order valence-electron chi connectivity index (χ0n) is 9.87. The summed E-state index contributed by atoms with van der Waals surface area (Å²) in [5.74, 6) is -0.314. The molecule has 0 saturated heterocycles. The smallest absolute Gasteiger partial charge is 0.311 e. The van der Waals surface area contributed by atoms with E-state index in [1.54, 1.807) is 29.5 Å². The number of carbonyl (C=O) groups excluding carboxylic acids is 1. The molecule has 0 saturated carbocycles. The van der Waals surface area contributed by atoms with Gasteiger partial charge in [-0.1, -0.05) is 0 Å². The normalized spacial score (nSPS) is 10.6. The van der Waals surface area contributed by atoms with Gasteiger partial charge in [-0.3, -0.25) is 9.78 Å². The van der Waals surface area contributed by atoms with Crippen molar-refractivity contribution in [2.45, 2.75) is 19.8 Å². The molecule has 0 aliphatic heterocycles. The Balaban J connectivity index is 3.11. The molecule has 0 unspecified atom stereocenters. The van der Waals surface area contributed by atoms with Crippen LogP contribution < -0.4 is 4.74 Å². The van der Waals surface area contributed by atoms with Crippen LogP contribution in [-0.4, -0.2) is 24.7 Å². The number of pyridine rings is 1. The van der Waals surface area contributed by atoms with Crippen molar-refractivity contribution in [1.82, 2.24) is 4.98 Å². The fraction of sp³-hybridized carbons (Fsp3) is 0.455. The Morgan fingerprint density at radius 3 is 2.72 bits per heavy atom. The summed E-state index contributed by atoms with van der Waals surface area (Å²) in [4.78, 5) is 15.2. The number of hydrogen-bond acceptors (Lipinski definition) is 4. The van der Waals surface area contributed by atoms with Crippen molar-refractivity contribution in [2.75, 3.05) is 13.7 Å². The monoisotopic (exact) mass is 371 g/mol. The SMILES string of the molecule is CCOC(=O)Cc1ncc(OC)c(I)c1C(F)F. The Morgan fingerprint density at radius 2 is 2.22 bits per heavy atom. The first-order chi connectivity index (χ1) is 8.51. The van der Waals surface area contributed by atoms with Crippen LogP contribution in [0.4, 0.5) is 8.78 Å². The summed E-state index contributed by atoms with van der Waals surface area (Å²) in [5.41, 5.74) is -0.253. The van der Waals surface area contributed by atoms with E-state index in [1.165, 1.54) is 13.3 Å². The molecule has 4 nitrogen and oxygen atoms in total. The number of carbonyl (C=O) groups is 1. The Bertz CT molecular complexity index is 441. The highest BCUT2D eigenvalue weighted by atomic mass is 127. The first-order valence-corrected chi connectivity index (χ1v) is 6.24. The van der Waals surface area contributed by atoms with Crippen LogP contribution in [0.2, 0.25) is 0 Å². The number of aromatic nitrogens is 1. The fourth-order valence-corrected chi connectivity index (χ4v) is 2.28. The summed E-state index contributed by atoms with van der Waals surface area (Å²) in [7, 11) is 1.37. The van der Waals surface area contributed by atoms with Crippen molar-refractivity contribution in [2.24, 2.45) is 0 Å². The van der Waals surface area contributed by atoms with Crippen LogP contribution in [0.1, 0.15) is 24.6 Å². The van der Waals surface area contributed by atoms with E-state index in [-0.39, 0.29) is 33.6 Å². The Kier molecular flexibility index (Phi) is 5.70. The molecule has 0 fully saturated rings. The Morgan fingerprint density at radius 1 is 1.56 bits per heavy atom. The molecular weight excluding hydrogens is 359 g/mol. The first kappa shape index (κ1) is 15.1. The summed E-state index contributed by atoms with van der Waals surface area (Å²) >= 11 is 1.75. The third kappa shape index (κ3) is 3.50. The predicted molar refractivity (Wildman–Crippen MR) is 68.8 cm³/mol. The predicted octanol–water partition coefficient (Wildman–Crippen LogP) is 2.74. The van der Waals surface area contributed by atoms with Gasteiger partial charge in [-0.15, -0.1) is 0 Å². The summed E-state index contributed by atoms with van der Waals surface area (Å²) in [6, 6.07) is 0. The average Bonchev–Trinajstić information content (AvgIpc) is 2.29. The van der Waals surface area contributed by atoms with Crippen LogP contribution in [0.15, 0.2) is 6.20 Å². The molecule has 1 rings (SSSR count). The second-order valence-electron chi connectivity index (χ2n) is 3.28. The van der Waals surface area contributed by atoms with Gasteiger partial charge in [0.05, 0.1) is 41.2 Å². The molecule has 0 bridgehead atoms. The standard InChI is InChI=1S/C11H12F2INO3/c1-3-18-8(16)4-6-9(11(12)13)10(14)7(17-2)5-15-6/h5,11H,3-4H2,1-2H3. The minimum absolute atomic E-state index is 0.0219. The minimum atomic E-state index is -2.72. The van der Waals surface area contributed by atoms with Crippen LogP contribution in [0, 0.1) is 3.57 Å². The summed E-state index contributed by atoms with van der Waals surface area (Å²) in [5, 5.41) is 0. The maximum absolute atomic E-state index is 13.0. The quantitative estimate of drug-likeness (QED) is 0.590. The van der Waals surface area contributed by atoms with Gasteiger partial charge >= 0.3 is 5.97 Å². The topological polar surface area (TPSA) is 48.4 Å². The van der Waals surface area contributed by atoms with Gasteiger partial charge in [0.15, 0.2) is 5.75 Å². The maximum atomic E-state index is 13.0. The van der Waals surface area contributed by atoms with Gasteiger partial charge in [0.1, 0.15) is 0 Å². The van der Waals surface area contributed by atoms with Gasteiger partial charge in [0.2, 0.25) is 0 Å². The van der Waals surface area contributed by atoms with Crippen molar-refractivity contribution in [3.63, 3.8) is 0 Å². The second-order valence-corrected chi connectivity index (χ2v) is 4.36. The number of alkyl halides is 2. The van der Waals surface area contributed by atoms with Crippen LogP contribution in [-0.2, 0) is 16.0 Å². The molecule has 0 atom stereocenters. The Hall–Kier alpha value is -0.990. The molecule has 18 heavy (non-hydrogen) atoms. The summed E-state index contributed by atoms with van der Waals surface area (Å²) in [6.07, 6.45) is -1.67. The van der Waals surface area contributed by atoms with E-state index >= 15 is 0 Å². The fourth-order valence-electron chi connectivity index (χ4n) is 1.38. The zero-order chi connectivity index (χ0) is 13.7. The van der Waals surface area contributed by atoms with Crippen LogP contribution in [0.5, 0.6) is 5.75 Å². The van der Waals surface area contributed by atoms with Crippen molar-refractivity contribution in [3.8, 4) is 5.75 Å². The van der Waals surface area contributed by atoms with Crippen LogP contribution in [0.25, 0.3) is 0 Å². The molecule has 0 aromatic carbocycles. The number of esters is 1. The van der Waals surface area contributed by atoms with E-state index < -0.39 is 12.4 Å². The average molecular weight is 371 g/mol. The number of halogens is 3. The number of rotatable bonds is 5. The van der Waals surface area contributed by atoms with Crippen molar-refractivity contribution in [3.05, 3.63) is 21.0 Å². The molecule has 0 aliphatic carbocycles. The largest absolute Gasteiger partial charge is 0.494 e. The molecule has 1 aromatic heterocycles. The second kappa shape index (κ2) is 6.81. The molecule has 1 heterocycles. The molecule has 0 amide bonds. The third-order valence-electron chi connectivity index (χ3n) is 2.16. The molecule has 1 aromatic rings. The van der Waals surface area contributed by atoms with Gasteiger partial charge in [-0.25, -0.2) is 8.78 Å². The van der Waals surface area contributed by atoms with Gasteiger partial charge in [0, 0.05) is 0 Å². The van der Waals surface area contributed by atoms with E-state index in [0.717, 1.165) is 0 Å². The van der Waals surface area contributed by atoms with E-state index in [4.69, 9.17) is 9.47 Å². The lowest BCUT2D eigenvalue weighted by Crippen LogP contribution is -2.12. The third-order valence-corrected chi connectivity index (χ3v) is 3.27. The van der Waals surface area contributed by atoms with Gasteiger partial charge in [0.25, 0.3) is 6.43 Å². The Labute approximate surface area is 117 Å².